The second kappa shape index (κ2) is 8.27. The minimum absolute atomic E-state index is 0.179. The van der Waals surface area contributed by atoms with Gasteiger partial charge < -0.3 is 9.84 Å². The highest BCUT2D eigenvalue weighted by Crippen LogP contribution is 1.96. The molecule has 0 rings (SSSR count). The third kappa shape index (κ3) is 7.28. The van der Waals surface area contributed by atoms with Crippen LogP contribution in [0.15, 0.2) is 12.2 Å². The van der Waals surface area contributed by atoms with E-state index in [-0.39, 0.29) is 12.6 Å². The summed E-state index contributed by atoms with van der Waals surface area (Å²) in [5.74, 6) is -0.179. The third-order valence-electron chi connectivity index (χ3n) is 1.44. The Morgan fingerprint density at radius 1 is 1.42 bits per heavy atom. The summed E-state index contributed by atoms with van der Waals surface area (Å²) in [7, 11) is 1.39. The van der Waals surface area contributed by atoms with Crippen LogP contribution in [0.2, 0.25) is 0 Å². The summed E-state index contributed by atoms with van der Waals surface area (Å²) in [5, 5.41) is 8.44. The van der Waals surface area contributed by atoms with Crippen molar-refractivity contribution >= 4 is 5.97 Å². The molecule has 0 saturated heterocycles. The molecule has 0 heterocycles. The lowest BCUT2D eigenvalue weighted by atomic mass is 10.2. The zero-order valence-corrected chi connectivity index (χ0v) is 7.45. The van der Waals surface area contributed by atoms with Crippen LogP contribution in [-0.2, 0) is 9.53 Å². The van der Waals surface area contributed by atoms with Gasteiger partial charge in [-0.1, -0.05) is 12.2 Å². The lowest BCUT2D eigenvalue weighted by molar-refractivity contribution is -0.140. The summed E-state index contributed by atoms with van der Waals surface area (Å²) in [6, 6.07) is 0. The van der Waals surface area contributed by atoms with Gasteiger partial charge in [-0.2, -0.15) is 0 Å². The van der Waals surface area contributed by atoms with Gasteiger partial charge in [-0.15, -0.1) is 0 Å². The SMILES string of the molecule is COC(=O)CCC=CCCCO. The first-order valence-corrected chi connectivity index (χ1v) is 4.14. The van der Waals surface area contributed by atoms with E-state index in [0.29, 0.717) is 6.42 Å². The molecule has 0 amide bonds. The van der Waals surface area contributed by atoms with Crippen LogP contribution in [0.1, 0.15) is 25.7 Å². The number of carbonyl (C=O) groups excluding carboxylic acids is 1. The third-order valence-corrected chi connectivity index (χ3v) is 1.44. The van der Waals surface area contributed by atoms with Crippen LogP contribution >= 0.6 is 0 Å². The molecule has 0 fully saturated rings. The molecule has 3 heteroatoms. The van der Waals surface area contributed by atoms with Gasteiger partial charge in [-0.3, -0.25) is 4.79 Å². The molecular weight excluding hydrogens is 156 g/mol. The van der Waals surface area contributed by atoms with E-state index in [0.717, 1.165) is 19.3 Å². The number of ether oxygens (including phenoxy) is 1. The van der Waals surface area contributed by atoms with Crippen molar-refractivity contribution in [2.24, 2.45) is 0 Å². The van der Waals surface area contributed by atoms with Crippen molar-refractivity contribution in [1.82, 2.24) is 0 Å². The van der Waals surface area contributed by atoms with E-state index in [4.69, 9.17) is 5.11 Å². The zero-order chi connectivity index (χ0) is 9.23. The normalized spacial score (nSPS) is 10.5. The topological polar surface area (TPSA) is 46.5 Å². The van der Waals surface area contributed by atoms with Crippen molar-refractivity contribution < 1.29 is 14.6 Å². The molecule has 0 aliphatic rings. The molecule has 0 saturated carbocycles. The molecule has 0 aromatic rings. The average Bonchev–Trinajstić information content (AvgIpc) is 2.10. The first kappa shape index (κ1) is 11.2. The summed E-state index contributed by atoms with van der Waals surface area (Å²) < 4.78 is 4.47. The van der Waals surface area contributed by atoms with Gasteiger partial charge in [-0.25, -0.2) is 0 Å². The summed E-state index contributed by atoms with van der Waals surface area (Å²) in [6.07, 6.45) is 6.72. The van der Waals surface area contributed by atoms with Crippen molar-refractivity contribution in [3.8, 4) is 0 Å². The Morgan fingerprint density at radius 2 is 2.08 bits per heavy atom. The van der Waals surface area contributed by atoms with Crippen molar-refractivity contribution in [2.45, 2.75) is 25.7 Å². The monoisotopic (exact) mass is 172 g/mol. The number of aliphatic hydroxyl groups excluding tert-OH is 1. The van der Waals surface area contributed by atoms with E-state index in [1.165, 1.54) is 7.11 Å². The number of aliphatic hydroxyl groups is 1. The van der Waals surface area contributed by atoms with Crippen LogP contribution in [0.3, 0.4) is 0 Å². The Hall–Kier alpha value is -0.830. The van der Waals surface area contributed by atoms with Crippen molar-refractivity contribution in [2.75, 3.05) is 13.7 Å². The molecule has 0 unspecified atom stereocenters. The molecule has 0 aliphatic heterocycles. The van der Waals surface area contributed by atoms with Crippen LogP contribution in [-0.4, -0.2) is 24.8 Å². The second-order valence-corrected chi connectivity index (χ2v) is 2.45. The number of allylic oxidation sites excluding steroid dienone is 2. The maximum Gasteiger partial charge on any atom is 0.305 e. The Morgan fingerprint density at radius 3 is 2.67 bits per heavy atom. The van der Waals surface area contributed by atoms with Gasteiger partial charge in [-0.05, 0) is 19.3 Å². The molecule has 70 valence electrons. The van der Waals surface area contributed by atoms with Gasteiger partial charge in [0.1, 0.15) is 0 Å². The molecule has 12 heavy (non-hydrogen) atoms. The minimum Gasteiger partial charge on any atom is -0.469 e. The molecule has 0 aromatic carbocycles. The number of methoxy groups -OCH3 is 1. The Labute approximate surface area is 73.0 Å². The molecule has 0 aromatic heterocycles. The largest absolute Gasteiger partial charge is 0.469 e. The number of hydrogen-bond donors (Lipinski definition) is 1. The first-order chi connectivity index (χ1) is 5.81. The maximum atomic E-state index is 10.6. The van der Waals surface area contributed by atoms with Crippen LogP contribution < -0.4 is 0 Å². The standard InChI is InChI=1S/C9H16O3/c1-12-9(11)7-5-3-2-4-6-8-10/h2-3,10H,4-8H2,1H3. The van der Waals surface area contributed by atoms with Gasteiger partial charge in [0, 0.05) is 13.0 Å². The quantitative estimate of drug-likeness (QED) is 0.373. The highest BCUT2D eigenvalue weighted by atomic mass is 16.5. The van der Waals surface area contributed by atoms with Crippen LogP contribution in [0.5, 0.6) is 0 Å². The molecule has 0 atom stereocenters. The first-order valence-electron chi connectivity index (χ1n) is 4.14. The van der Waals surface area contributed by atoms with Crippen LogP contribution in [0, 0.1) is 0 Å². The number of esters is 1. The fourth-order valence-electron chi connectivity index (χ4n) is 0.748. The lowest BCUT2D eigenvalue weighted by Gasteiger charge is -1.93. The summed E-state index contributed by atoms with van der Waals surface area (Å²) in [4.78, 5) is 10.6. The predicted octanol–water partition coefficient (Wildman–Crippen LogP) is 1.27. The van der Waals surface area contributed by atoms with E-state index in [1.54, 1.807) is 0 Å². The summed E-state index contributed by atoms with van der Waals surface area (Å²) in [5.41, 5.74) is 0. The molecular formula is C9H16O3. The van der Waals surface area contributed by atoms with Gasteiger partial charge in [0.25, 0.3) is 0 Å². The fourth-order valence-corrected chi connectivity index (χ4v) is 0.748. The highest BCUT2D eigenvalue weighted by Gasteiger charge is 1.95. The summed E-state index contributed by atoms with van der Waals surface area (Å²) in [6.45, 7) is 0.224. The Balaban J connectivity index is 3.18. The fraction of sp³-hybridized carbons (Fsp3) is 0.667. The van der Waals surface area contributed by atoms with E-state index in [2.05, 4.69) is 4.74 Å². The van der Waals surface area contributed by atoms with Crippen molar-refractivity contribution in [1.29, 1.82) is 0 Å². The predicted molar refractivity (Wildman–Crippen MR) is 46.7 cm³/mol. The number of unbranched alkanes of at least 4 members (excludes halogenated alkanes) is 1. The van der Waals surface area contributed by atoms with Gasteiger partial charge in [0.15, 0.2) is 0 Å². The molecule has 0 radical (unpaired) electrons. The zero-order valence-electron chi connectivity index (χ0n) is 7.45. The van der Waals surface area contributed by atoms with Crippen LogP contribution in [0.25, 0.3) is 0 Å². The molecule has 3 nitrogen and oxygen atoms in total. The molecule has 0 spiro atoms. The minimum atomic E-state index is -0.179. The van der Waals surface area contributed by atoms with Gasteiger partial charge in [0.05, 0.1) is 7.11 Å². The maximum absolute atomic E-state index is 10.6. The van der Waals surface area contributed by atoms with Crippen molar-refractivity contribution in [3.05, 3.63) is 12.2 Å². The molecule has 0 aliphatic carbocycles. The molecule has 1 N–H and O–H groups in total. The summed E-state index contributed by atoms with van der Waals surface area (Å²) >= 11 is 0. The Bertz CT molecular complexity index is 141. The van der Waals surface area contributed by atoms with E-state index >= 15 is 0 Å². The smallest absolute Gasteiger partial charge is 0.305 e. The van der Waals surface area contributed by atoms with E-state index < -0.39 is 0 Å². The number of hydrogen-bond acceptors (Lipinski definition) is 3. The van der Waals surface area contributed by atoms with Crippen LogP contribution in [0.4, 0.5) is 0 Å². The average molecular weight is 172 g/mol. The number of rotatable bonds is 6. The van der Waals surface area contributed by atoms with Crippen molar-refractivity contribution in [3.63, 3.8) is 0 Å². The van der Waals surface area contributed by atoms with Gasteiger partial charge in [0.2, 0.25) is 0 Å². The lowest BCUT2D eigenvalue weighted by Crippen LogP contribution is -1.97. The molecule has 0 bridgehead atoms. The van der Waals surface area contributed by atoms with E-state index in [9.17, 15) is 4.79 Å². The number of carbonyl (C=O) groups is 1. The van der Waals surface area contributed by atoms with Gasteiger partial charge >= 0.3 is 5.97 Å². The highest BCUT2D eigenvalue weighted by molar-refractivity contribution is 5.69. The second-order valence-electron chi connectivity index (χ2n) is 2.45. The van der Waals surface area contributed by atoms with E-state index in [1.807, 2.05) is 12.2 Å². The Kier molecular flexibility index (Phi) is 7.70.